The van der Waals surface area contributed by atoms with E-state index in [0.717, 1.165) is 12.0 Å². The number of ether oxygens (including phenoxy) is 1. The van der Waals surface area contributed by atoms with Crippen LogP contribution < -0.4 is 14.9 Å². The number of nitrogens with zero attached hydrogens (tertiary/aromatic N) is 2. The lowest BCUT2D eigenvalue weighted by Gasteiger charge is -2.01. The van der Waals surface area contributed by atoms with Crippen molar-refractivity contribution in [3.8, 4) is 0 Å². The zero-order chi connectivity index (χ0) is 15.1. The molecule has 0 unspecified atom stereocenters. The molecule has 2 heterocycles. The van der Waals surface area contributed by atoms with Crippen LogP contribution in [0.5, 0.6) is 0 Å². The molecule has 0 fully saturated rings. The Balaban J connectivity index is 1.94. The highest BCUT2D eigenvalue weighted by molar-refractivity contribution is 5.92. The van der Waals surface area contributed by atoms with Crippen molar-refractivity contribution in [3.05, 3.63) is 66.4 Å². The summed E-state index contributed by atoms with van der Waals surface area (Å²) in [7, 11) is 0. The van der Waals surface area contributed by atoms with E-state index in [2.05, 4.69) is 0 Å². The van der Waals surface area contributed by atoms with E-state index in [9.17, 15) is 4.79 Å². The summed E-state index contributed by atoms with van der Waals surface area (Å²) in [6.07, 6.45) is 7.88. The second kappa shape index (κ2) is 7.16. The zero-order valence-corrected chi connectivity index (χ0v) is 11.4. The number of hydrogen-bond acceptors (Lipinski definition) is 3. The molecular formula is C15H17N3O3+2. The molecule has 2 aromatic heterocycles. The molecule has 0 aliphatic carbocycles. The van der Waals surface area contributed by atoms with Crippen molar-refractivity contribution in [1.82, 2.24) is 0 Å². The summed E-state index contributed by atoms with van der Waals surface area (Å²) in [5.74, 6) is -0.455. The van der Waals surface area contributed by atoms with Gasteiger partial charge in [0.1, 0.15) is 0 Å². The van der Waals surface area contributed by atoms with E-state index in [0.29, 0.717) is 19.0 Å². The molecule has 0 aromatic carbocycles. The molecule has 6 nitrogen and oxygen atoms in total. The van der Waals surface area contributed by atoms with Crippen molar-refractivity contribution in [2.75, 3.05) is 0 Å². The van der Waals surface area contributed by atoms with Crippen LogP contribution >= 0.6 is 0 Å². The first-order valence-corrected chi connectivity index (χ1v) is 6.36. The molecule has 1 amide bonds. The highest BCUT2D eigenvalue weighted by Gasteiger charge is 2.09. The second-order valence-electron chi connectivity index (χ2n) is 4.34. The molecule has 0 bridgehead atoms. The molecule has 0 saturated heterocycles. The average molecular weight is 287 g/mol. The van der Waals surface area contributed by atoms with Crippen LogP contribution in [-0.2, 0) is 18.2 Å². The van der Waals surface area contributed by atoms with Gasteiger partial charge in [-0.2, -0.15) is 9.13 Å². The van der Waals surface area contributed by atoms with E-state index >= 15 is 0 Å². The molecule has 0 atom stereocenters. The van der Waals surface area contributed by atoms with Gasteiger partial charge >= 0.3 is 0 Å². The molecule has 6 heteroatoms. The minimum atomic E-state index is -0.455. The summed E-state index contributed by atoms with van der Waals surface area (Å²) < 4.78 is 9.23. The Morgan fingerprint density at radius 1 is 1.19 bits per heavy atom. The first-order chi connectivity index (χ1) is 10.2. The Bertz CT molecular complexity index is 639. The van der Waals surface area contributed by atoms with Gasteiger partial charge in [0.15, 0.2) is 18.6 Å². The molecule has 0 radical (unpaired) electrons. The van der Waals surface area contributed by atoms with Crippen molar-refractivity contribution >= 4 is 12.0 Å². The van der Waals surface area contributed by atoms with Crippen molar-refractivity contribution < 1.29 is 23.8 Å². The van der Waals surface area contributed by atoms with Gasteiger partial charge in [-0.15, -0.1) is 0 Å². The predicted molar refractivity (Wildman–Crippen MR) is 74.5 cm³/mol. The van der Waals surface area contributed by atoms with Gasteiger partial charge in [-0.3, -0.25) is 9.53 Å². The van der Waals surface area contributed by atoms with Crippen LogP contribution in [0.15, 0.2) is 55.2 Å². The fraction of sp³-hybridized carbons (Fsp3) is 0.133. The van der Waals surface area contributed by atoms with Gasteiger partial charge in [0, 0.05) is 30.3 Å². The second-order valence-corrected chi connectivity index (χ2v) is 4.34. The first-order valence-electron chi connectivity index (χ1n) is 6.36. The van der Waals surface area contributed by atoms with Crippen molar-refractivity contribution in [1.29, 1.82) is 0 Å². The van der Waals surface area contributed by atoms with Crippen molar-refractivity contribution in [2.45, 2.75) is 13.5 Å². The summed E-state index contributed by atoms with van der Waals surface area (Å²) in [5, 5.41) is 8.84. The molecule has 2 rings (SSSR count). The number of aliphatic hydroxyl groups is 1. The SMILES string of the molecule is NC(=O)c1cc[n+](COC[n+]2ccccc2/C=C/O)cc1. The van der Waals surface area contributed by atoms with Crippen molar-refractivity contribution in [2.24, 2.45) is 5.73 Å². The first kappa shape index (κ1) is 14.7. The van der Waals surface area contributed by atoms with Crippen molar-refractivity contribution in [3.63, 3.8) is 0 Å². The fourth-order valence-electron chi connectivity index (χ4n) is 1.79. The molecule has 0 spiro atoms. The number of amides is 1. The minimum Gasteiger partial charge on any atom is -0.515 e. The Morgan fingerprint density at radius 3 is 2.62 bits per heavy atom. The maximum atomic E-state index is 11.0. The summed E-state index contributed by atoms with van der Waals surface area (Å²) in [6.45, 7) is 0.675. The summed E-state index contributed by atoms with van der Waals surface area (Å²) in [4.78, 5) is 11.0. The molecule has 108 valence electrons. The summed E-state index contributed by atoms with van der Waals surface area (Å²) >= 11 is 0. The highest BCUT2D eigenvalue weighted by Crippen LogP contribution is 1.95. The number of aliphatic hydroxyl groups excluding tert-OH is 1. The van der Waals surface area contributed by atoms with E-state index in [1.54, 1.807) is 35.2 Å². The van der Waals surface area contributed by atoms with Gasteiger partial charge in [-0.05, 0) is 6.07 Å². The number of primary amides is 1. The maximum absolute atomic E-state index is 11.0. The fourth-order valence-corrected chi connectivity index (χ4v) is 1.79. The Kier molecular flexibility index (Phi) is 5.00. The Hall–Kier alpha value is -2.73. The topological polar surface area (TPSA) is 80.3 Å². The third-order valence-electron chi connectivity index (χ3n) is 2.87. The van der Waals surface area contributed by atoms with E-state index in [1.165, 1.54) is 0 Å². The lowest BCUT2D eigenvalue weighted by molar-refractivity contribution is -0.789. The third-order valence-corrected chi connectivity index (χ3v) is 2.87. The standard InChI is InChI=1S/C15H15N3O3/c16-15(20)13-4-8-17(9-5-13)11-21-12-18-7-2-1-3-14(18)6-10-19/h1-10H,11-12H2,(H-,16,20)/p+2. The van der Waals surface area contributed by atoms with Crippen LogP contribution in [0.3, 0.4) is 0 Å². The van der Waals surface area contributed by atoms with Crippen LogP contribution in [-0.4, -0.2) is 11.0 Å². The van der Waals surface area contributed by atoms with Crippen LogP contribution in [0.4, 0.5) is 0 Å². The number of aromatic nitrogens is 2. The van der Waals surface area contributed by atoms with Gasteiger partial charge in [-0.1, -0.05) is 0 Å². The molecule has 0 aliphatic heterocycles. The molecule has 0 aliphatic rings. The van der Waals surface area contributed by atoms with E-state index in [4.69, 9.17) is 15.6 Å². The quantitative estimate of drug-likeness (QED) is 0.600. The largest absolute Gasteiger partial charge is 0.515 e. The molecule has 3 N–H and O–H groups in total. The Morgan fingerprint density at radius 2 is 1.95 bits per heavy atom. The lowest BCUT2D eigenvalue weighted by Crippen LogP contribution is -2.42. The summed E-state index contributed by atoms with van der Waals surface area (Å²) in [5.41, 5.74) is 6.46. The van der Waals surface area contributed by atoms with Gasteiger partial charge < -0.3 is 10.8 Å². The van der Waals surface area contributed by atoms with E-state index in [-0.39, 0.29) is 0 Å². The number of hydrogen-bond donors (Lipinski definition) is 2. The average Bonchev–Trinajstić information content (AvgIpc) is 2.50. The number of nitrogens with two attached hydrogens (primary N) is 1. The van der Waals surface area contributed by atoms with Crippen LogP contribution in [0.25, 0.3) is 6.08 Å². The molecule has 0 saturated carbocycles. The third kappa shape index (κ3) is 4.12. The number of rotatable bonds is 6. The van der Waals surface area contributed by atoms with Crippen LogP contribution in [0, 0.1) is 0 Å². The smallest absolute Gasteiger partial charge is 0.258 e. The number of pyridine rings is 2. The predicted octanol–water partition coefficient (Wildman–Crippen LogP) is 0.521. The monoisotopic (exact) mass is 287 g/mol. The van der Waals surface area contributed by atoms with Gasteiger partial charge in [-0.25, -0.2) is 0 Å². The van der Waals surface area contributed by atoms with Crippen LogP contribution in [0.1, 0.15) is 16.1 Å². The van der Waals surface area contributed by atoms with E-state index < -0.39 is 5.91 Å². The normalized spacial score (nSPS) is 10.9. The van der Waals surface area contributed by atoms with Gasteiger partial charge in [0.25, 0.3) is 13.5 Å². The van der Waals surface area contributed by atoms with Gasteiger partial charge in [0.2, 0.25) is 11.6 Å². The van der Waals surface area contributed by atoms with Crippen LogP contribution in [0.2, 0.25) is 0 Å². The van der Waals surface area contributed by atoms with E-state index in [1.807, 2.05) is 29.0 Å². The zero-order valence-electron chi connectivity index (χ0n) is 11.4. The minimum absolute atomic E-state index is 0.337. The number of carbonyl (C=O) groups is 1. The summed E-state index contributed by atoms with van der Waals surface area (Å²) in [6, 6.07) is 8.91. The molecule has 2 aromatic rings. The molecular weight excluding hydrogens is 270 g/mol. The Labute approximate surface area is 122 Å². The highest BCUT2D eigenvalue weighted by atomic mass is 16.5. The lowest BCUT2D eigenvalue weighted by atomic mass is 10.2. The van der Waals surface area contributed by atoms with Gasteiger partial charge in [0.05, 0.1) is 11.8 Å². The maximum Gasteiger partial charge on any atom is 0.258 e. The molecule has 21 heavy (non-hydrogen) atoms. The number of carbonyl (C=O) groups excluding carboxylic acids is 1.